The molecule has 0 fully saturated rings. The van der Waals surface area contributed by atoms with E-state index in [2.05, 4.69) is 5.32 Å². The Morgan fingerprint density at radius 2 is 2.17 bits per heavy atom. The van der Waals surface area contributed by atoms with Crippen molar-refractivity contribution in [2.45, 2.75) is 18.2 Å². The quantitative estimate of drug-likeness (QED) is 0.809. The van der Waals surface area contributed by atoms with Crippen LogP contribution in [0.3, 0.4) is 0 Å². The summed E-state index contributed by atoms with van der Waals surface area (Å²) in [5.74, 6) is 0.272. The Morgan fingerprint density at radius 1 is 1.35 bits per heavy atom. The molecule has 4 nitrogen and oxygen atoms in total. The van der Waals surface area contributed by atoms with Gasteiger partial charge in [-0.15, -0.1) is 0 Å². The summed E-state index contributed by atoms with van der Waals surface area (Å²) in [5, 5.41) is 3.85. The first-order chi connectivity index (χ1) is 11.0. The van der Waals surface area contributed by atoms with Crippen molar-refractivity contribution in [2.75, 3.05) is 11.9 Å². The van der Waals surface area contributed by atoms with Crippen LogP contribution in [0.15, 0.2) is 36.4 Å². The van der Waals surface area contributed by atoms with E-state index in [0.29, 0.717) is 29.3 Å². The maximum Gasteiger partial charge on any atom is 0.157 e. The van der Waals surface area contributed by atoms with Gasteiger partial charge < -0.3 is 14.6 Å². The molecule has 0 radical (unpaired) electrons. The van der Waals surface area contributed by atoms with Crippen molar-refractivity contribution in [2.24, 2.45) is 0 Å². The third-order valence-electron chi connectivity index (χ3n) is 3.69. The second kappa shape index (κ2) is 6.86. The smallest absolute Gasteiger partial charge is 0.157 e. The molecule has 2 N–H and O–H groups in total. The van der Waals surface area contributed by atoms with Gasteiger partial charge in [-0.1, -0.05) is 17.7 Å². The lowest BCUT2D eigenvalue weighted by Crippen LogP contribution is -2.21. The number of hydrogen-bond donors (Lipinski definition) is 2. The predicted octanol–water partition coefficient (Wildman–Crippen LogP) is 4.14. The second-order valence-electron chi connectivity index (χ2n) is 5.28. The van der Waals surface area contributed by atoms with Crippen LogP contribution in [-0.2, 0) is 16.8 Å². The highest BCUT2D eigenvalue weighted by atomic mass is 35.5. The summed E-state index contributed by atoms with van der Waals surface area (Å²) in [7, 11) is 0. The topological polar surface area (TPSA) is 58.6 Å². The molecule has 0 aromatic heterocycles. The lowest BCUT2D eigenvalue weighted by atomic mass is 9.99. The highest BCUT2D eigenvalue weighted by Gasteiger charge is 2.22. The number of hydrogen-bond acceptors (Lipinski definition) is 3. The molecule has 0 bridgehead atoms. The molecule has 122 valence electrons. The van der Waals surface area contributed by atoms with Crippen molar-refractivity contribution < 1.29 is 17.9 Å². The molecule has 1 aliphatic heterocycles. The molecular formula is C16H15ClFNO3S. The molecule has 2 aromatic carbocycles. The minimum absolute atomic E-state index is 0.0613. The van der Waals surface area contributed by atoms with Crippen molar-refractivity contribution in [3.05, 3.63) is 58.4 Å². The number of rotatable bonds is 4. The van der Waals surface area contributed by atoms with Crippen LogP contribution in [0.25, 0.3) is 0 Å². The number of benzene rings is 2. The first-order valence-electron chi connectivity index (χ1n) is 7.07. The Kier molecular flexibility index (Phi) is 4.84. The van der Waals surface area contributed by atoms with Crippen molar-refractivity contribution in [1.29, 1.82) is 0 Å². The third kappa shape index (κ3) is 3.83. The molecule has 2 aromatic rings. The molecule has 0 saturated carbocycles. The summed E-state index contributed by atoms with van der Waals surface area (Å²) in [4.78, 5) is 0. The maximum absolute atomic E-state index is 13.6. The van der Waals surface area contributed by atoms with Gasteiger partial charge in [0, 0.05) is 22.7 Å². The van der Waals surface area contributed by atoms with Crippen LogP contribution in [0.1, 0.15) is 23.6 Å². The normalized spacial score (nSPS) is 18.0. The van der Waals surface area contributed by atoms with Crippen LogP contribution in [0.2, 0.25) is 5.02 Å². The van der Waals surface area contributed by atoms with Crippen LogP contribution in [0.5, 0.6) is 5.75 Å². The van der Waals surface area contributed by atoms with E-state index in [1.165, 1.54) is 18.2 Å². The van der Waals surface area contributed by atoms with E-state index in [4.69, 9.17) is 20.9 Å². The average molecular weight is 356 g/mol. The fraction of sp³-hybridized carbons (Fsp3) is 0.250. The van der Waals surface area contributed by atoms with Gasteiger partial charge in [-0.2, -0.15) is 0 Å². The summed E-state index contributed by atoms with van der Waals surface area (Å²) in [6, 6.07) is 9.40. The van der Waals surface area contributed by atoms with Gasteiger partial charge in [0.25, 0.3) is 0 Å². The van der Waals surface area contributed by atoms with Gasteiger partial charge in [-0.25, -0.2) is 8.60 Å². The van der Waals surface area contributed by atoms with Gasteiger partial charge in [0.2, 0.25) is 0 Å². The Bertz CT molecular complexity index is 756. The first kappa shape index (κ1) is 16.2. The second-order valence-corrected chi connectivity index (χ2v) is 6.65. The van der Waals surface area contributed by atoms with Crippen LogP contribution in [0, 0.1) is 5.82 Å². The largest absolute Gasteiger partial charge is 0.493 e. The standard InChI is InChI=1S/C16H15ClFNO3S/c17-11-2-4-16-13(7-11)14(5-6-22-16)19-15-8-12(18)3-1-10(15)9-23(20)21/h1-4,7-8,14,19H,5-6,9H2,(H,20,21). The van der Waals surface area contributed by atoms with Gasteiger partial charge in [0.15, 0.2) is 11.1 Å². The third-order valence-corrected chi connectivity index (χ3v) is 4.49. The van der Waals surface area contributed by atoms with E-state index in [1.54, 1.807) is 12.1 Å². The Labute approximate surface area is 140 Å². The molecule has 0 saturated heterocycles. The zero-order chi connectivity index (χ0) is 16.4. The molecule has 1 heterocycles. The van der Waals surface area contributed by atoms with E-state index in [-0.39, 0.29) is 11.8 Å². The van der Waals surface area contributed by atoms with Crippen molar-refractivity contribution in [3.63, 3.8) is 0 Å². The van der Waals surface area contributed by atoms with Gasteiger partial charge in [0.05, 0.1) is 18.4 Å². The van der Waals surface area contributed by atoms with Crippen LogP contribution in [0.4, 0.5) is 10.1 Å². The molecule has 7 heteroatoms. The van der Waals surface area contributed by atoms with E-state index < -0.39 is 16.9 Å². The number of anilines is 1. The number of fused-ring (bicyclic) bond motifs is 1. The Morgan fingerprint density at radius 3 is 2.96 bits per heavy atom. The summed E-state index contributed by atoms with van der Waals surface area (Å²) < 4.78 is 39.4. The van der Waals surface area contributed by atoms with E-state index in [9.17, 15) is 8.60 Å². The monoisotopic (exact) mass is 355 g/mol. The Hall–Kier alpha value is -1.63. The van der Waals surface area contributed by atoms with Crippen molar-refractivity contribution in [1.82, 2.24) is 0 Å². The lowest BCUT2D eigenvalue weighted by molar-refractivity contribution is 0.274. The van der Waals surface area contributed by atoms with Crippen LogP contribution >= 0.6 is 11.6 Å². The molecule has 2 atom stereocenters. The average Bonchev–Trinajstić information content (AvgIpc) is 2.50. The minimum Gasteiger partial charge on any atom is -0.493 e. The van der Waals surface area contributed by atoms with E-state index in [0.717, 1.165) is 11.3 Å². The van der Waals surface area contributed by atoms with Gasteiger partial charge in [0.1, 0.15) is 11.6 Å². The highest BCUT2D eigenvalue weighted by molar-refractivity contribution is 7.78. The molecule has 0 spiro atoms. The number of halogens is 2. The zero-order valence-corrected chi connectivity index (χ0v) is 13.7. The minimum atomic E-state index is -2.00. The summed E-state index contributed by atoms with van der Waals surface area (Å²) in [6.45, 7) is 0.531. The summed E-state index contributed by atoms with van der Waals surface area (Å²) >= 11 is 4.06. The van der Waals surface area contributed by atoms with Crippen molar-refractivity contribution >= 4 is 28.4 Å². The first-order valence-corrected chi connectivity index (χ1v) is 8.73. The zero-order valence-electron chi connectivity index (χ0n) is 12.1. The van der Waals surface area contributed by atoms with Gasteiger partial charge in [-0.3, -0.25) is 0 Å². The molecular weight excluding hydrogens is 341 g/mol. The molecule has 2 unspecified atom stereocenters. The van der Waals surface area contributed by atoms with Gasteiger partial charge >= 0.3 is 0 Å². The van der Waals surface area contributed by atoms with Crippen LogP contribution in [-0.4, -0.2) is 15.4 Å². The van der Waals surface area contributed by atoms with E-state index in [1.807, 2.05) is 6.07 Å². The fourth-order valence-corrected chi connectivity index (χ4v) is 3.34. The molecule has 1 aliphatic rings. The van der Waals surface area contributed by atoms with Gasteiger partial charge in [-0.05, 0) is 35.9 Å². The maximum atomic E-state index is 13.6. The fourth-order valence-electron chi connectivity index (χ4n) is 2.64. The number of nitrogens with one attached hydrogen (secondary N) is 1. The van der Waals surface area contributed by atoms with Crippen molar-refractivity contribution in [3.8, 4) is 5.75 Å². The van der Waals surface area contributed by atoms with E-state index >= 15 is 0 Å². The highest BCUT2D eigenvalue weighted by Crippen LogP contribution is 2.36. The molecule has 0 amide bonds. The summed E-state index contributed by atoms with van der Waals surface area (Å²) in [6.07, 6.45) is 0.686. The van der Waals surface area contributed by atoms with Crippen LogP contribution < -0.4 is 10.1 Å². The SMILES string of the molecule is O=S(O)Cc1ccc(F)cc1NC1CCOc2ccc(Cl)cc21. The molecule has 3 rings (SSSR count). The molecule has 23 heavy (non-hydrogen) atoms. The summed E-state index contributed by atoms with van der Waals surface area (Å²) in [5.41, 5.74) is 1.98. The lowest BCUT2D eigenvalue weighted by Gasteiger charge is -2.28. The predicted molar refractivity (Wildman–Crippen MR) is 88.8 cm³/mol. The number of ether oxygens (including phenoxy) is 1. The molecule has 0 aliphatic carbocycles. The Balaban J connectivity index is 1.93.